The smallest absolute Gasteiger partial charge is 0.271 e. The number of nitrogens with one attached hydrogen (secondary N) is 1. The fraction of sp³-hybridized carbons (Fsp3) is 0.474. The van der Waals surface area contributed by atoms with Gasteiger partial charge in [0, 0.05) is 54.6 Å². The molecule has 0 amide bonds. The number of rotatable bonds is 5. The lowest BCUT2D eigenvalue weighted by Gasteiger charge is -2.32. The SMILES string of the molecule is CC(CN(C)C)Nc1nn(C)c(=O)c2c1CCN(c1ccc(Cl)cc1)C2. The minimum Gasteiger partial charge on any atom is -0.367 e. The van der Waals surface area contributed by atoms with Gasteiger partial charge in [-0.05, 0) is 51.7 Å². The van der Waals surface area contributed by atoms with Gasteiger partial charge in [0.25, 0.3) is 5.56 Å². The van der Waals surface area contributed by atoms with Crippen LogP contribution in [0.25, 0.3) is 0 Å². The average Bonchev–Trinajstić information content (AvgIpc) is 2.59. The minimum atomic E-state index is -0.0236. The molecule has 26 heavy (non-hydrogen) atoms. The zero-order valence-corrected chi connectivity index (χ0v) is 16.5. The Labute approximate surface area is 159 Å². The molecule has 140 valence electrons. The van der Waals surface area contributed by atoms with Gasteiger partial charge < -0.3 is 15.1 Å². The lowest BCUT2D eigenvalue weighted by Crippen LogP contribution is -2.39. The number of aryl methyl sites for hydroxylation is 1. The van der Waals surface area contributed by atoms with Crippen molar-refractivity contribution >= 4 is 23.1 Å². The first-order valence-corrected chi connectivity index (χ1v) is 9.23. The summed E-state index contributed by atoms with van der Waals surface area (Å²) in [5.74, 6) is 0.826. The van der Waals surface area contributed by atoms with Crippen molar-refractivity contribution in [2.75, 3.05) is 37.4 Å². The first-order valence-electron chi connectivity index (χ1n) is 8.86. The summed E-state index contributed by atoms with van der Waals surface area (Å²) in [4.78, 5) is 17.0. The van der Waals surface area contributed by atoms with E-state index in [9.17, 15) is 4.79 Å². The molecule has 2 heterocycles. The van der Waals surface area contributed by atoms with E-state index in [-0.39, 0.29) is 11.6 Å². The van der Waals surface area contributed by atoms with Crippen LogP contribution < -0.4 is 15.8 Å². The Kier molecular flexibility index (Phi) is 5.53. The average molecular weight is 376 g/mol. The fourth-order valence-electron chi connectivity index (χ4n) is 3.49. The molecule has 2 aromatic rings. The molecule has 0 spiro atoms. The maximum Gasteiger partial charge on any atom is 0.271 e. The Bertz CT molecular complexity index is 831. The summed E-state index contributed by atoms with van der Waals surface area (Å²) in [6.07, 6.45) is 0.790. The summed E-state index contributed by atoms with van der Waals surface area (Å²) in [5.41, 5.74) is 2.92. The number of likely N-dealkylation sites (N-methyl/N-ethyl adjacent to an activating group) is 1. The van der Waals surface area contributed by atoms with Gasteiger partial charge in [-0.25, -0.2) is 4.68 Å². The number of hydrogen-bond donors (Lipinski definition) is 1. The van der Waals surface area contributed by atoms with Gasteiger partial charge in [-0.15, -0.1) is 0 Å². The van der Waals surface area contributed by atoms with E-state index in [4.69, 9.17) is 11.6 Å². The van der Waals surface area contributed by atoms with E-state index >= 15 is 0 Å². The summed E-state index contributed by atoms with van der Waals surface area (Å²) in [7, 11) is 5.81. The molecule has 0 fully saturated rings. The molecule has 0 saturated heterocycles. The van der Waals surface area contributed by atoms with Crippen molar-refractivity contribution in [2.24, 2.45) is 7.05 Å². The van der Waals surface area contributed by atoms with Crippen LogP contribution in [-0.2, 0) is 20.0 Å². The van der Waals surface area contributed by atoms with Crippen LogP contribution in [0.1, 0.15) is 18.1 Å². The molecule has 1 N–H and O–H groups in total. The third-order valence-electron chi connectivity index (χ3n) is 4.65. The van der Waals surface area contributed by atoms with Crippen molar-refractivity contribution in [3.05, 3.63) is 50.8 Å². The molecule has 1 aromatic heterocycles. The Hall–Kier alpha value is -2.05. The summed E-state index contributed by atoms with van der Waals surface area (Å²) >= 11 is 5.99. The van der Waals surface area contributed by atoms with E-state index in [0.717, 1.165) is 42.1 Å². The second-order valence-electron chi connectivity index (χ2n) is 7.19. The predicted molar refractivity (Wildman–Crippen MR) is 107 cm³/mol. The first kappa shape index (κ1) is 18.7. The summed E-state index contributed by atoms with van der Waals surface area (Å²) in [6.45, 7) is 4.46. The maximum absolute atomic E-state index is 12.7. The van der Waals surface area contributed by atoms with E-state index in [1.54, 1.807) is 7.05 Å². The lowest BCUT2D eigenvalue weighted by atomic mass is 10.0. The van der Waals surface area contributed by atoms with Crippen LogP contribution in [0.15, 0.2) is 29.1 Å². The molecule has 7 heteroatoms. The highest BCUT2D eigenvalue weighted by Crippen LogP contribution is 2.27. The standard InChI is InChI=1S/C19H26ClN5O/c1-13(11-23(2)3)21-18-16-9-10-25(15-7-5-14(20)6-8-15)12-17(16)19(26)24(4)22-18/h5-8,13H,9-12H2,1-4H3,(H,21,22). The molecule has 1 aliphatic heterocycles. The monoisotopic (exact) mass is 375 g/mol. The van der Waals surface area contributed by atoms with Gasteiger partial charge in [0.2, 0.25) is 0 Å². The highest BCUT2D eigenvalue weighted by atomic mass is 35.5. The van der Waals surface area contributed by atoms with Crippen molar-refractivity contribution in [2.45, 2.75) is 25.9 Å². The number of anilines is 2. The third kappa shape index (κ3) is 4.02. The topological polar surface area (TPSA) is 53.4 Å². The third-order valence-corrected chi connectivity index (χ3v) is 4.90. The number of fused-ring (bicyclic) bond motifs is 1. The van der Waals surface area contributed by atoms with E-state index in [2.05, 4.69) is 27.1 Å². The minimum absolute atomic E-state index is 0.0236. The molecule has 0 bridgehead atoms. The van der Waals surface area contributed by atoms with Crippen molar-refractivity contribution in [3.8, 4) is 0 Å². The molecule has 1 atom stereocenters. The molecule has 0 aliphatic carbocycles. The Morgan fingerprint density at radius 2 is 1.96 bits per heavy atom. The van der Waals surface area contributed by atoms with Crippen LogP contribution in [0.5, 0.6) is 0 Å². The van der Waals surface area contributed by atoms with Gasteiger partial charge in [0.1, 0.15) is 0 Å². The van der Waals surface area contributed by atoms with Crippen LogP contribution in [0.2, 0.25) is 5.02 Å². The van der Waals surface area contributed by atoms with Gasteiger partial charge >= 0.3 is 0 Å². The summed E-state index contributed by atoms with van der Waals surface area (Å²) < 4.78 is 1.44. The zero-order chi connectivity index (χ0) is 18.8. The number of hydrogen-bond acceptors (Lipinski definition) is 5. The highest BCUT2D eigenvalue weighted by molar-refractivity contribution is 6.30. The number of aromatic nitrogens is 2. The second-order valence-corrected chi connectivity index (χ2v) is 7.63. The van der Waals surface area contributed by atoms with E-state index in [1.165, 1.54) is 4.68 Å². The zero-order valence-electron chi connectivity index (χ0n) is 15.8. The number of benzene rings is 1. The molecule has 1 aliphatic rings. The fourth-order valence-corrected chi connectivity index (χ4v) is 3.61. The normalized spacial score (nSPS) is 15.1. The summed E-state index contributed by atoms with van der Waals surface area (Å²) in [5, 5.41) is 8.68. The molecule has 1 unspecified atom stereocenters. The van der Waals surface area contributed by atoms with Crippen LogP contribution >= 0.6 is 11.6 Å². The predicted octanol–water partition coefficient (Wildman–Crippen LogP) is 2.36. The molecule has 6 nitrogen and oxygen atoms in total. The highest BCUT2D eigenvalue weighted by Gasteiger charge is 2.24. The largest absolute Gasteiger partial charge is 0.367 e. The van der Waals surface area contributed by atoms with Crippen LogP contribution in [0.3, 0.4) is 0 Å². The summed E-state index contributed by atoms with van der Waals surface area (Å²) in [6, 6.07) is 8.00. The first-order chi connectivity index (χ1) is 12.3. The van der Waals surface area contributed by atoms with Crippen molar-refractivity contribution in [1.82, 2.24) is 14.7 Å². The Morgan fingerprint density at radius 3 is 2.62 bits per heavy atom. The molecule has 0 radical (unpaired) electrons. The van der Waals surface area contributed by atoms with E-state index in [1.807, 2.05) is 38.4 Å². The van der Waals surface area contributed by atoms with Gasteiger partial charge in [-0.3, -0.25) is 4.79 Å². The van der Waals surface area contributed by atoms with Gasteiger partial charge in [-0.2, -0.15) is 5.10 Å². The second kappa shape index (κ2) is 7.68. The van der Waals surface area contributed by atoms with Gasteiger partial charge in [0.05, 0.1) is 0 Å². The van der Waals surface area contributed by atoms with E-state index < -0.39 is 0 Å². The van der Waals surface area contributed by atoms with Crippen LogP contribution in [0, 0.1) is 0 Å². The van der Waals surface area contributed by atoms with Gasteiger partial charge in [-0.1, -0.05) is 11.6 Å². The van der Waals surface area contributed by atoms with E-state index in [0.29, 0.717) is 11.6 Å². The molecule has 3 rings (SSSR count). The Balaban J connectivity index is 1.89. The maximum atomic E-state index is 12.7. The molecular formula is C19H26ClN5O. The van der Waals surface area contributed by atoms with Crippen molar-refractivity contribution in [1.29, 1.82) is 0 Å². The van der Waals surface area contributed by atoms with Gasteiger partial charge in [0.15, 0.2) is 5.82 Å². The quantitative estimate of drug-likeness (QED) is 0.869. The lowest BCUT2D eigenvalue weighted by molar-refractivity contribution is 0.391. The van der Waals surface area contributed by atoms with Crippen LogP contribution in [0.4, 0.5) is 11.5 Å². The Morgan fingerprint density at radius 1 is 1.27 bits per heavy atom. The molecule has 1 aromatic carbocycles. The molecular weight excluding hydrogens is 350 g/mol. The van der Waals surface area contributed by atoms with Crippen molar-refractivity contribution in [3.63, 3.8) is 0 Å². The number of nitrogens with zero attached hydrogens (tertiary/aromatic N) is 4. The van der Waals surface area contributed by atoms with Crippen LogP contribution in [-0.4, -0.2) is 47.9 Å². The number of halogens is 1. The molecule has 0 saturated carbocycles. The van der Waals surface area contributed by atoms with Crippen molar-refractivity contribution < 1.29 is 0 Å².